The number of fused-ring (bicyclic) bond motifs is 1. The van der Waals surface area contributed by atoms with Crippen LogP contribution in [-0.2, 0) is 17.1 Å². The predicted molar refractivity (Wildman–Crippen MR) is 114 cm³/mol. The van der Waals surface area contributed by atoms with Crippen molar-refractivity contribution in [3.63, 3.8) is 0 Å². The van der Waals surface area contributed by atoms with Crippen LogP contribution >= 0.6 is 0 Å². The number of carbonyl (C=O) groups excluding carboxylic acids is 1. The van der Waals surface area contributed by atoms with Crippen molar-refractivity contribution in [1.29, 1.82) is 0 Å². The van der Waals surface area contributed by atoms with Gasteiger partial charge in [-0.1, -0.05) is 18.2 Å². The maximum Gasteiger partial charge on any atom is 0.416 e. The molecular weight excluding hydrogens is 462 g/mol. The smallest absolute Gasteiger partial charge is 0.416 e. The fourth-order valence-electron chi connectivity index (χ4n) is 3.73. The standard InChI is InChI=1S/C24H18F6N2O2/c1-13-8-20-21(11-18(13)24(28,29)30)32-22(33)12-19(31-20)14-4-2-6-16(9-14)34-17-7-3-5-15(10-17)23(25,26)27/h2-11,19,31H,12H2,1H3,(H,32,33). The molecule has 1 aliphatic rings. The summed E-state index contributed by atoms with van der Waals surface area (Å²) in [6.07, 6.45) is -9.16. The third-order valence-corrected chi connectivity index (χ3v) is 5.32. The van der Waals surface area contributed by atoms with Crippen molar-refractivity contribution < 1.29 is 35.9 Å². The van der Waals surface area contributed by atoms with Gasteiger partial charge in [-0.15, -0.1) is 0 Å². The minimum absolute atomic E-state index is 0.00437. The Kier molecular flexibility index (Phi) is 5.93. The van der Waals surface area contributed by atoms with Crippen molar-refractivity contribution in [1.82, 2.24) is 0 Å². The number of anilines is 2. The lowest BCUT2D eigenvalue weighted by Crippen LogP contribution is -2.15. The van der Waals surface area contributed by atoms with Gasteiger partial charge in [-0.05, 0) is 60.5 Å². The molecule has 34 heavy (non-hydrogen) atoms. The highest BCUT2D eigenvalue weighted by atomic mass is 19.4. The fraction of sp³-hybridized carbons (Fsp3) is 0.208. The van der Waals surface area contributed by atoms with Gasteiger partial charge in [-0.3, -0.25) is 4.79 Å². The summed E-state index contributed by atoms with van der Waals surface area (Å²) in [5, 5.41) is 5.59. The summed E-state index contributed by atoms with van der Waals surface area (Å²) >= 11 is 0. The van der Waals surface area contributed by atoms with Crippen LogP contribution in [0, 0.1) is 6.92 Å². The number of halogens is 6. The fourth-order valence-corrected chi connectivity index (χ4v) is 3.73. The van der Waals surface area contributed by atoms with E-state index in [4.69, 9.17) is 4.74 Å². The Morgan fingerprint density at radius 1 is 0.853 bits per heavy atom. The molecule has 0 aromatic heterocycles. The maximum absolute atomic E-state index is 13.3. The summed E-state index contributed by atoms with van der Waals surface area (Å²) in [4.78, 5) is 12.4. The van der Waals surface area contributed by atoms with Gasteiger partial charge in [0, 0.05) is 0 Å². The number of aryl methyl sites for hydroxylation is 1. The molecule has 0 fully saturated rings. The van der Waals surface area contributed by atoms with Crippen molar-refractivity contribution in [2.45, 2.75) is 31.7 Å². The van der Waals surface area contributed by atoms with Gasteiger partial charge in [0.1, 0.15) is 11.5 Å². The zero-order valence-electron chi connectivity index (χ0n) is 17.6. The highest BCUT2D eigenvalue weighted by Crippen LogP contribution is 2.40. The van der Waals surface area contributed by atoms with Gasteiger partial charge in [0.05, 0.1) is 35.0 Å². The van der Waals surface area contributed by atoms with Crippen LogP contribution in [0.25, 0.3) is 0 Å². The first-order valence-electron chi connectivity index (χ1n) is 10.1. The summed E-state index contributed by atoms with van der Waals surface area (Å²) in [6.45, 7) is 1.33. The van der Waals surface area contributed by atoms with Gasteiger partial charge in [-0.25, -0.2) is 0 Å². The molecule has 1 aliphatic heterocycles. The van der Waals surface area contributed by atoms with E-state index >= 15 is 0 Å². The molecule has 0 bridgehead atoms. The number of rotatable bonds is 3. The quantitative estimate of drug-likeness (QED) is 0.386. The van der Waals surface area contributed by atoms with Crippen LogP contribution in [0.3, 0.4) is 0 Å². The average Bonchev–Trinajstić information content (AvgIpc) is 2.90. The lowest BCUT2D eigenvalue weighted by Gasteiger charge is -2.20. The molecule has 3 aromatic rings. The van der Waals surface area contributed by atoms with E-state index in [-0.39, 0.29) is 29.2 Å². The van der Waals surface area contributed by atoms with Crippen molar-refractivity contribution >= 4 is 17.3 Å². The molecule has 0 aliphatic carbocycles. The maximum atomic E-state index is 13.3. The van der Waals surface area contributed by atoms with E-state index in [1.807, 2.05) is 0 Å². The van der Waals surface area contributed by atoms with Gasteiger partial charge in [0.15, 0.2) is 0 Å². The van der Waals surface area contributed by atoms with Crippen LogP contribution in [0.2, 0.25) is 0 Å². The molecule has 3 aromatic carbocycles. The van der Waals surface area contributed by atoms with E-state index in [0.717, 1.165) is 18.2 Å². The third-order valence-electron chi connectivity index (χ3n) is 5.32. The number of benzene rings is 3. The van der Waals surface area contributed by atoms with Crippen molar-refractivity contribution in [3.05, 3.63) is 82.9 Å². The first kappa shape index (κ1) is 23.5. The van der Waals surface area contributed by atoms with E-state index in [9.17, 15) is 31.1 Å². The summed E-state index contributed by atoms with van der Waals surface area (Å²) < 4.78 is 84.3. The zero-order chi connectivity index (χ0) is 24.7. The van der Waals surface area contributed by atoms with Crippen LogP contribution < -0.4 is 15.4 Å². The number of amides is 1. The van der Waals surface area contributed by atoms with Crippen molar-refractivity contribution in [2.24, 2.45) is 0 Å². The number of nitrogens with one attached hydrogen (secondary N) is 2. The van der Waals surface area contributed by atoms with Gasteiger partial charge in [-0.2, -0.15) is 26.3 Å². The van der Waals surface area contributed by atoms with E-state index < -0.39 is 35.4 Å². The van der Waals surface area contributed by atoms with Crippen LogP contribution in [0.5, 0.6) is 11.5 Å². The summed E-state index contributed by atoms with van der Waals surface area (Å²) in [5.41, 5.74) is -0.788. The lowest BCUT2D eigenvalue weighted by molar-refractivity contribution is -0.138. The van der Waals surface area contributed by atoms with Gasteiger partial charge < -0.3 is 15.4 Å². The molecule has 1 unspecified atom stereocenters. The zero-order valence-corrected chi connectivity index (χ0v) is 17.6. The number of carbonyl (C=O) groups is 1. The van der Waals surface area contributed by atoms with E-state index in [2.05, 4.69) is 10.6 Å². The Morgan fingerprint density at radius 3 is 2.21 bits per heavy atom. The first-order chi connectivity index (χ1) is 15.9. The topological polar surface area (TPSA) is 50.4 Å². The summed E-state index contributed by atoms with van der Waals surface area (Å²) in [6, 6.07) is 12.4. The molecule has 0 radical (unpaired) electrons. The molecular formula is C24H18F6N2O2. The summed E-state index contributed by atoms with van der Waals surface area (Å²) in [5.74, 6) is -0.260. The molecule has 1 amide bonds. The van der Waals surface area contributed by atoms with Crippen molar-refractivity contribution in [2.75, 3.05) is 10.6 Å². The molecule has 1 heterocycles. The number of hydrogen-bond acceptors (Lipinski definition) is 3. The second-order valence-corrected chi connectivity index (χ2v) is 7.86. The Hall–Kier alpha value is -3.69. The molecule has 0 saturated heterocycles. The minimum Gasteiger partial charge on any atom is -0.457 e. The SMILES string of the molecule is Cc1cc2c(cc1C(F)(F)F)NC(=O)CC(c1cccc(Oc3cccc(C(F)(F)F)c3)c1)N2. The molecule has 2 N–H and O–H groups in total. The Bertz CT molecular complexity index is 1240. The van der Waals surface area contributed by atoms with E-state index in [1.165, 1.54) is 25.1 Å². The molecule has 4 nitrogen and oxygen atoms in total. The average molecular weight is 480 g/mol. The number of alkyl halides is 6. The molecule has 0 saturated carbocycles. The third kappa shape index (κ3) is 5.11. The second-order valence-electron chi connectivity index (χ2n) is 7.86. The van der Waals surface area contributed by atoms with Gasteiger partial charge in [0.25, 0.3) is 0 Å². The van der Waals surface area contributed by atoms with Gasteiger partial charge >= 0.3 is 12.4 Å². The lowest BCUT2D eigenvalue weighted by atomic mass is 10.0. The number of hydrogen-bond donors (Lipinski definition) is 2. The minimum atomic E-state index is -4.56. The van der Waals surface area contributed by atoms with Crippen LogP contribution in [0.15, 0.2) is 60.7 Å². The Labute approximate surface area is 190 Å². The highest BCUT2D eigenvalue weighted by molar-refractivity contribution is 5.97. The molecule has 1 atom stereocenters. The molecule has 4 rings (SSSR count). The normalized spacial score (nSPS) is 16.2. The largest absolute Gasteiger partial charge is 0.457 e. The highest BCUT2D eigenvalue weighted by Gasteiger charge is 2.34. The number of ether oxygens (including phenoxy) is 1. The van der Waals surface area contributed by atoms with E-state index in [1.54, 1.807) is 24.3 Å². The Balaban J connectivity index is 1.62. The monoisotopic (exact) mass is 480 g/mol. The molecule has 10 heteroatoms. The van der Waals surface area contributed by atoms with Crippen LogP contribution in [-0.4, -0.2) is 5.91 Å². The summed E-state index contributed by atoms with van der Waals surface area (Å²) in [7, 11) is 0. The predicted octanol–water partition coefficient (Wildman–Crippen LogP) is 7.32. The van der Waals surface area contributed by atoms with Crippen LogP contribution in [0.1, 0.15) is 34.7 Å². The Morgan fingerprint density at radius 2 is 1.53 bits per heavy atom. The van der Waals surface area contributed by atoms with Gasteiger partial charge in [0.2, 0.25) is 5.91 Å². The van der Waals surface area contributed by atoms with Crippen LogP contribution in [0.4, 0.5) is 37.7 Å². The first-order valence-corrected chi connectivity index (χ1v) is 10.1. The molecule has 0 spiro atoms. The molecule has 178 valence electrons. The van der Waals surface area contributed by atoms with Crippen molar-refractivity contribution in [3.8, 4) is 11.5 Å². The van der Waals surface area contributed by atoms with E-state index in [0.29, 0.717) is 11.3 Å². The second kappa shape index (κ2) is 8.58.